The van der Waals surface area contributed by atoms with Gasteiger partial charge in [0.15, 0.2) is 0 Å². The number of piperidine rings is 1. The standard InChI is InChI=1S/C14H26N4O3/c1-15(2)12-4-3-5-18(10-12)14(21)17-8-6-16(7-9-17)11-13(19)20/h12H,3-11H2,1-2H3,(H,19,20). The number of carbonyl (C=O) groups excluding carboxylic acids is 1. The predicted octanol–water partition coefficient (Wildman–Crippen LogP) is -0.165. The number of aliphatic carboxylic acids is 1. The van der Waals surface area contributed by atoms with Crippen LogP contribution in [0.3, 0.4) is 0 Å². The molecule has 0 saturated carbocycles. The fourth-order valence-electron chi connectivity index (χ4n) is 3.04. The van der Waals surface area contributed by atoms with Crippen LogP contribution >= 0.6 is 0 Å². The molecule has 7 heteroatoms. The van der Waals surface area contributed by atoms with E-state index in [-0.39, 0.29) is 12.6 Å². The molecule has 2 saturated heterocycles. The minimum Gasteiger partial charge on any atom is -0.480 e. The second-order valence-electron chi connectivity index (χ2n) is 6.15. The van der Waals surface area contributed by atoms with Crippen molar-refractivity contribution in [3.63, 3.8) is 0 Å². The number of carboxylic acids is 1. The summed E-state index contributed by atoms with van der Waals surface area (Å²) in [4.78, 5) is 31.1. The second kappa shape index (κ2) is 7.09. The van der Waals surface area contributed by atoms with Crippen LogP contribution in [-0.2, 0) is 4.79 Å². The zero-order chi connectivity index (χ0) is 15.4. The molecule has 2 rings (SSSR count). The van der Waals surface area contributed by atoms with E-state index in [1.807, 2.05) is 14.7 Å². The minimum atomic E-state index is -0.806. The molecule has 2 amide bonds. The van der Waals surface area contributed by atoms with Crippen molar-refractivity contribution in [3.8, 4) is 0 Å². The van der Waals surface area contributed by atoms with Crippen molar-refractivity contribution in [3.05, 3.63) is 0 Å². The van der Waals surface area contributed by atoms with Gasteiger partial charge in [0.25, 0.3) is 0 Å². The molecular formula is C14H26N4O3. The number of nitrogens with zero attached hydrogens (tertiary/aromatic N) is 4. The van der Waals surface area contributed by atoms with Gasteiger partial charge in [0, 0.05) is 45.3 Å². The first-order valence-corrected chi connectivity index (χ1v) is 7.62. The van der Waals surface area contributed by atoms with Gasteiger partial charge in [-0.1, -0.05) is 0 Å². The van der Waals surface area contributed by atoms with Crippen molar-refractivity contribution in [1.82, 2.24) is 19.6 Å². The van der Waals surface area contributed by atoms with Gasteiger partial charge in [0.1, 0.15) is 0 Å². The fourth-order valence-corrected chi connectivity index (χ4v) is 3.04. The van der Waals surface area contributed by atoms with E-state index in [0.29, 0.717) is 32.2 Å². The molecule has 0 radical (unpaired) electrons. The third-order valence-corrected chi connectivity index (χ3v) is 4.40. The zero-order valence-corrected chi connectivity index (χ0v) is 13.0. The first-order valence-electron chi connectivity index (χ1n) is 7.62. The van der Waals surface area contributed by atoms with Crippen LogP contribution < -0.4 is 0 Å². The van der Waals surface area contributed by atoms with Crippen LogP contribution in [0.25, 0.3) is 0 Å². The van der Waals surface area contributed by atoms with Crippen molar-refractivity contribution in [2.24, 2.45) is 0 Å². The van der Waals surface area contributed by atoms with Gasteiger partial charge in [0.2, 0.25) is 0 Å². The average Bonchev–Trinajstić information content (AvgIpc) is 2.47. The first kappa shape index (κ1) is 16.0. The van der Waals surface area contributed by atoms with Crippen LogP contribution in [0.4, 0.5) is 4.79 Å². The van der Waals surface area contributed by atoms with E-state index in [1.54, 1.807) is 0 Å². The van der Waals surface area contributed by atoms with E-state index in [9.17, 15) is 9.59 Å². The number of carboxylic acid groups (broad SMARTS) is 1. The third-order valence-electron chi connectivity index (χ3n) is 4.40. The summed E-state index contributed by atoms with van der Waals surface area (Å²) in [6.45, 7) is 4.21. The molecule has 21 heavy (non-hydrogen) atoms. The van der Waals surface area contributed by atoms with E-state index >= 15 is 0 Å². The Morgan fingerprint density at radius 1 is 1.10 bits per heavy atom. The van der Waals surface area contributed by atoms with Gasteiger partial charge in [-0.3, -0.25) is 9.69 Å². The molecular weight excluding hydrogens is 272 g/mol. The molecule has 0 bridgehead atoms. The van der Waals surface area contributed by atoms with E-state index in [1.165, 1.54) is 0 Å². The van der Waals surface area contributed by atoms with E-state index < -0.39 is 5.97 Å². The number of likely N-dealkylation sites (tertiary alicyclic amines) is 1. The van der Waals surface area contributed by atoms with Crippen LogP contribution in [0.1, 0.15) is 12.8 Å². The lowest BCUT2D eigenvalue weighted by Gasteiger charge is -2.41. The number of likely N-dealkylation sites (N-methyl/N-ethyl adjacent to an activating group) is 1. The maximum atomic E-state index is 12.5. The van der Waals surface area contributed by atoms with Crippen LogP contribution in [0.5, 0.6) is 0 Å². The van der Waals surface area contributed by atoms with Crippen LogP contribution in [0.15, 0.2) is 0 Å². The molecule has 0 aliphatic carbocycles. The monoisotopic (exact) mass is 298 g/mol. The third kappa shape index (κ3) is 4.31. The SMILES string of the molecule is CN(C)C1CCCN(C(=O)N2CCN(CC(=O)O)CC2)C1. The van der Waals surface area contributed by atoms with E-state index in [2.05, 4.69) is 19.0 Å². The topological polar surface area (TPSA) is 67.3 Å². The summed E-state index contributed by atoms with van der Waals surface area (Å²) < 4.78 is 0. The van der Waals surface area contributed by atoms with Gasteiger partial charge in [-0.2, -0.15) is 0 Å². The van der Waals surface area contributed by atoms with Crippen LogP contribution in [-0.4, -0.2) is 103 Å². The van der Waals surface area contributed by atoms with Crippen molar-refractivity contribution >= 4 is 12.0 Å². The summed E-state index contributed by atoms with van der Waals surface area (Å²) in [6, 6.07) is 0.549. The number of carbonyl (C=O) groups is 2. The van der Waals surface area contributed by atoms with Crippen molar-refractivity contribution in [2.75, 3.05) is 59.9 Å². The van der Waals surface area contributed by atoms with Crippen LogP contribution in [0.2, 0.25) is 0 Å². The van der Waals surface area contributed by atoms with E-state index in [4.69, 9.17) is 5.11 Å². The van der Waals surface area contributed by atoms with E-state index in [0.717, 1.165) is 25.9 Å². The smallest absolute Gasteiger partial charge is 0.320 e. The Bertz CT molecular complexity index is 380. The maximum absolute atomic E-state index is 12.5. The number of amides is 2. The van der Waals surface area contributed by atoms with Crippen molar-refractivity contribution in [2.45, 2.75) is 18.9 Å². The lowest BCUT2D eigenvalue weighted by Crippen LogP contribution is -2.56. The lowest BCUT2D eigenvalue weighted by molar-refractivity contribution is -0.138. The summed E-state index contributed by atoms with van der Waals surface area (Å²) >= 11 is 0. The highest BCUT2D eigenvalue weighted by atomic mass is 16.4. The maximum Gasteiger partial charge on any atom is 0.320 e. The van der Waals surface area contributed by atoms with Gasteiger partial charge in [0.05, 0.1) is 6.54 Å². The number of rotatable bonds is 3. The highest BCUT2D eigenvalue weighted by Gasteiger charge is 2.30. The number of urea groups is 1. The fraction of sp³-hybridized carbons (Fsp3) is 0.857. The molecule has 0 aromatic heterocycles. The number of piperazine rings is 1. The van der Waals surface area contributed by atoms with Gasteiger partial charge < -0.3 is 19.8 Å². The molecule has 2 heterocycles. The molecule has 7 nitrogen and oxygen atoms in total. The molecule has 1 N–H and O–H groups in total. The molecule has 2 fully saturated rings. The van der Waals surface area contributed by atoms with Gasteiger partial charge in [-0.05, 0) is 26.9 Å². The summed E-state index contributed by atoms with van der Waals surface area (Å²) in [7, 11) is 4.12. The summed E-state index contributed by atoms with van der Waals surface area (Å²) in [6.07, 6.45) is 2.19. The molecule has 1 unspecified atom stereocenters. The zero-order valence-electron chi connectivity index (χ0n) is 13.0. The molecule has 1 atom stereocenters. The van der Waals surface area contributed by atoms with Gasteiger partial charge in [-0.15, -0.1) is 0 Å². The molecule has 120 valence electrons. The molecule has 2 aliphatic heterocycles. The molecule has 0 spiro atoms. The molecule has 0 aromatic rings. The second-order valence-corrected chi connectivity index (χ2v) is 6.15. The number of hydrogen-bond donors (Lipinski definition) is 1. The Morgan fingerprint density at radius 2 is 1.76 bits per heavy atom. The summed E-state index contributed by atoms with van der Waals surface area (Å²) in [5.74, 6) is -0.806. The first-order chi connectivity index (χ1) is 9.97. The van der Waals surface area contributed by atoms with Crippen molar-refractivity contribution in [1.29, 1.82) is 0 Å². The highest BCUT2D eigenvalue weighted by molar-refractivity contribution is 5.75. The minimum absolute atomic E-state index is 0.0639. The Hall–Kier alpha value is -1.34. The normalized spacial score (nSPS) is 24.4. The Kier molecular flexibility index (Phi) is 5.41. The average molecular weight is 298 g/mol. The Morgan fingerprint density at radius 3 is 2.33 bits per heavy atom. The molecule has 0 aromatic carbocycles. The Labute approximate surface area is 126 Å². The number of hydrogen-bond acceptors (Lipinski definition) is 4. The predicted molar refractivity (Wildman–Crippen MR) is 79.3 cm³/mol. The highest BCUT2D eigenvalue weighted by Crippen LogP contribution is 2.16. The Balaban J connectivity index is 1.82. The largest absolute Gasteiger partial charge is 0.480 e. The summed E-state index contributed by atoms with van der Waals surface area (Å²) in [5.41, 5.74) is 0. The lowest BCUT2D eigenvalue weighted by atomic mass is 10.1. The quantitative estimate of drug-likeness (QED) is 0.784. The van der Waals surface area contributed by atoms with Gasteiger partial charge >= 0.3 is 12.0 Å². The van der Waals surface area contributed by atoms with Gasteiger partial charge in [-0.25, -0.2) is 4.79 Å². The van der Waals surface area contributed by atoms with Crippen molar-refractivity contribution < 1.29 is 14.7 Å². The summed E-state index contributed by atoms with van der Waals surface area (Å²) in [5, 5.41) is 8.79. The van der Waals surface area contributed by atoms with Crippen LogP contribution in [0, 0.1) is 0 Å². The molecule has 2 aliphatic rings.